The lowest BCUT2D eigenvalue weighted by Gasteiger charge is -2.10. The highest BCUT2D eigenvalue weighted by atomic mass is 32.2. The number of carbonyl (C=O) groups is 1. The van der Waals surface area contributed by atoms with Gasteiger partial charge in [-0.05, 0) is 67.8 Å². The maximum absolute atomic E-state index is 13.0. The van der Waals surface area contributed by atoms with Crippen LogP contribution in [0.3, 0.4) is 0 Å². The van der Waals surface area contributed by atoms with E-state index < -0.39 is 21.9 Å². The maximum atomic E-state index is 13.0. The second-order valence-corrected chi connectivity index (χ2v) is 9.74. The first-order valence-corrected chi connectivity index (χ1v) is 12.5. The van der Waals surface area contributed by atoms with Crippen molar-refractivity contribution >= 4 is 16.1 Å². The average Bonchev–Trinajstić information content (AvgIpc) is 3.13. The number of halogens is 1. The number of benzene rings is 3. The van der Waals surface area contributed by atoms with Crippen LogP contribution in [0.25, 0.3) is 16.8 Å². The maximum Gasteiger partial charge on any atom is 0.328 e. The van der Waals surface area contributed by atoms with Gasteiger partial charge in [0.25, 0.3) is 10.0 Å². The SMILES string of the molecule is Cc1nn(-c2ccc(CCNC(=O)NS(=O)(=O)c3ccc(F)cc3)cc2)c(C)c1-c1ccccc1. The molecule has 0 unspecified atom stereocenters. The summed E-state index contributed by atoms with van der Waals surface area (Å²) < 4.78 is 41.2. The van der Waals surface area contributed by atoms with Crippen LogP contribution >= 0.6 is 0 Å². The second-order valence-electron chi connectivity index (χ2n) is 8.06. The molecule has 0 aliphatic rings. The van der Waals surface area contributed by atoms with Crippen LogP contribution in [0.1, 0.15) is 17.0 Å². The minimum atomic E-state index is -4.07. The Morgan fingerprint density at radius 1 is 0.943 bits per heavy atom. The summed E-state index contributed by atoms with van der Waals surface area (Å²) in [4.78, 5) is 11.8. The standard InChI is InChI=1S/C26H25FN4O3S/c1-18-25(21-6-4-3-5-7-21)19(2)31(29-18)23-12-8-20(9-13-23)16-17-28-26(32)30-35(33,34)24-14-10-22(27)11-15-24/h3-15H,16-17H2,1-2H3,(H2,28,30,32). The van der Waals surface area contributed by atoms with Crippen molar-refractivity contribution in [2.24, 2.45) is 0 Å². The van der Waals surface area contributed by atoms with E-state index in [1.165, 1.54) is 0 Å². The first-order chi connectivity index (χ1) is 16.7. The number of nitrogens with zero attached hydrogens (tertiary/aromatic N) is 2. The van der Waals surface area contributed by atoms with Crippen molar-refractivity contribution in [1.82, 2.24) is 19.8 Å². The molecule has 1 aromatic heterocycles. The van der Waals surface area contributed by atoms with Crippen molar-refractivity contribution in [3.8, 4) is 16.8 Å². The molecule has 0 atom stereocenters. The first kappa shape index (κ1) is 24.2. The number of amides is 2. The number of rotatable bonds is 7. The fourth-order valence-electron chi connectivity index (χ4n) is 3.87. The number of sulfonamides is 1. The Balaban J connectivity index is 1.36. The van der Waals surface area contributed by atoms with Crippen molar-refractivity contribution < 1.29 is 17.6 Å². The summed E-state index contributed by atoms with van der Waals surface area (Å²) in [5.41, 5.74) is 6.12. The smallest absolute Gasteiger partial charge is 0.328 e. The molecular formula is C26H25FN4O3S. The van der Waals surface area contributed by atoms with Crippen molar-refractivity contribution in [2.45, 2.75) is 25.2 Å². The molecule has 180 valence electrons. The van der Waals surface area contributed by atoms with Gasteiger partial charge in [-0.15, -0.1) is 0 Å². The number of hydrogen-bond acceptors (Lipinski definition) is 4. The molecule has 0 bridgehead atoms. The van der Waals surface area contributed by atoms with Gasteiger partial charge in [0.2, 0.25) is 0 Å². The monoisotopic (exact) mass is 492 g/mol. The molecule has 3 aromatic carbocycles. The van der Waals surface area contributed by atoms with Crippen molar-refractivity contribution in [3.63, 3.8) is 0 Å². The van der Waals surface area contributed by atoms with E-state index >= 15 is 0 Å². The van der Waals surface area contributed by atoms with Crippen molar-refractivity contribution in [2.75, 3.05) is 6.54 Å². The zero-order chi connectivity index (χ0) is 25.0. The van der Waals surface area contributed by atoms with Crippen LogP contribution in [-0.2, 0) is 16.4 Å². The fraction of sp³-hybridized carbons (Fsp3) is 0.154. The topological polar surface area (TPSA) is 93.1 Å². The van der Waals surface area contributed by atoms with E-state index in [1.54, 1.807) is 0 Å². The van der Waals surface area contributed by atoms with Gasteiger partial charge < -0.3 is 5.32 Å². The Labute approximate surface area is 203 Å². The minimum absolute atomic E-state index is 0.191. The molecule has 0 saturated heterocycles. The minimum Gasteiger partial charge on any atom is -0.337 e. The molecule has 2 N–H and O–H groups in total. The number of aromatic nitrogens is 2. The van der Waals surface area contributed by atoms with E-state index in [9.17, 15) is 17.6 Å². The Hall–Kier alpha value is -3.98. The quantitative estimate of drug-likeness (QED) is 0.397. The Morgan fingerprint density at radius 2 is 1.60 bits per heavy atom. The van der Waals surface area contributed by atoms with E-state index in [2.05, 4.69) is 17.4 Å². The average molecular weight is 493 g/mol. The van der Waals surface area contributed by atoms with Gasteiger partial charge in [0.05, 0.1) is 16.3 Å². The Morgan fingerprint density at radius 3 is 2.26 bits per heavy atom. The van der Waals surface area contributed by atoms with E-state index in [4.69, 9.17) is 5.10 Å². The van der Waals surface area contributed by atoms with Crippen molar-refractivity contribution in [1.29, 1.82) is 0 Å². The molecule has 0 radical (unpaired) electrons. The van der Waals surface area contributed by atoms with Crippen LogP contribution in [-0.4, -0.2) is 30.8 Å². The molecule has 9 heteroatoms. The summed E-state index contributed by atoms with van der Waals surface area (Å²) >= 11 is 0. The molecule has 0 spiro atoms. The summed E-state index contributed by atoms with van der Waals surface area (Å²) in [5.74, 6) is -0.561. The molecule has 35 heavy (non-hydrogen) atoms. The van der Waals surface area contributed by atoms with Gasteiger partial charge in [-0.3, -0.25) is 0 Å². The van der Waals surface area contributed by atoms with Crippen LogP contribution in [0, 0.1) is 19.7 Å². The third-order valence-corrected chi connectivity index (χ3v) is 6.93. The van der Waals surface area contributed by atoms with Gasteiger partial charge in [0.1, 0.15) is 5.82 Å². The fourth-order valence-corrected chi connectivity index (χ4v) is 4.80. The van der Waals surface area contributed by atoms with E-state index in [-0.39, 0.29) is 11.4 Å². The van der Waals surface area contributed by atoms with Gasteiger partial charge >= 0.3 is 6.03 Å². The molecule has 0 aliphatic carbocycles. The van der Waals surface area contributed by atoms with Gasteiger partial charge in [-0.1, -0.05) is 42.5 Å². The molecule has 0 fully saturated rings. The van der Waals surface area contributed by atoms with Gasteiger partial charge in [0.15, 0.2) is 0 Å². The third kappa shape index (κ3) is 5.58. The number of carbonyl (C=O) groups excluding carboxylic acids is 1. The van der Waals surface area contributed by atoms with Gasteiger partial charge in [-0.2, -0.15) is 5.10 Å². The molecule has 7 nitrogen and oxygen atoms in total. The lowest BCUT2D eigenvalue weighted by molar-refractivity contribution is 0.246. The molecule has 4 aromatic rings. The summed E-state index contributed by atoms with van der Waals surface area (Å²) in [6.07, 6.45) is 0.511. The van der Waals surface area contributed by atoms with Gasteiger partial charge in [-0.25, -0.2) is 27.0 Å². The highest BCUT2D eigenvalue weighted by molar-refractivity contribution is 7.90. The number of nitrogens with one attached hydrogen (secondary N) is 2. The normalized spacial score (nSPS) is 11.3. The summed E-state index contributed by atoms with van der Waals surface area (Å²) in [7, 11) is -4.07. The Bertz CT molecular complexity index is 1430. The predicted octanol–water partition coefficient (Wildman–Crippen LogP) is 4.53. The zero-order valence-electron chi connectivity index (χ0n) is 19.3. The lowest BCUT2D eigenvalue weighted by Crippen LogP contribution is -2.40. The second kappa shape index (κ2) is 10.1. The number of aryl methyl sites for hydroxylation is 1. The Kier molecular flexibility index (Phi) is 6.97. The summed E-state index contributed by atoms with van der Waals surface area (Å²) in [5, 5.41) is 7.24. The first-order valence-electron chi connectivity index (χ1n) is 11.0. The molecule has 1 heterocycles. The summed E-state index contributed by atoms with van der Waals surface area (Å²) in [6.45, 7) is 4.27. The summed E-state index contributed by atoms with van der Waals surface area (Å²) in [6, 6.07) is 21.3. The van der Waals surface area contributed by atoms with Crippen LogP contribution in [0.2, 0.25) is 0 Å². The largest absolute Gasteiger partial charge is 0.337 e. The van der Waals surface area contributed by atoms with Crippen LogP contribution in [0.5, 0.6) is 0 Å². The lowest BCUT2D eigenvalue weighted by atomic mass is 10.0. The zero-order valence-corrected chi connectivity index (χ0v) is 20.1. The van der Waals surface area contributed by atoms with E-state index in [0.29, 0.717) is 6.42 Å². The molecule has 4 rings (SSSR count). The molecular weight excluding hydrogens is 467 g/mol. The molecule has 0 saturated carbocycles. The molecule has 0 aliphatic heterocycles. The van der Waals surface area contributed by atoms with E-state index in [1.807, 2.05) is 65.7 Å². The number of hydrogen-bond donors (Lipinski definition) is 2. The van der Waals surface area contributed by atoms with Crippen molar-refractivity contribution in [3.05, 3.63) is 102 Å². The highest BCUT2D eigenvalue weighted by Crippen LogP contribution is 2.28. The van der Waals surface area contributed by atoms with Crippen LogP contribution < -0.4 is 10.0 Å². The third-order valence-electron chi connectivity index (χ3n) is 5.58. The highest BCUT2D eigenvalue weighted by Gasteiger charge is 2.17. The van der Waals surface area contributed by atoms with Crippen LogP contribution in [0.15, 0.2) is 83.8 Å². The molecule has 2 amide bonds. The predicted molar refractivity (Wildman–Crippen MR) is 132 cm³/mol. The number of urea groups is 1. The van der Waals surface area contributed by atoms with Crippen LogP contribution in [0.4, 0.5) is 9.18 Å². The van der Waals surface area contributed by atoms with E-state index in [0.717, 1.165) is 58.0 Å². The van der Waals surface area contributed by atoms with Gasteiger partial charge in [0, 0.05) is 17.8 Å².